The first-order valence-corrected chi connectivity index (χ1v) is 7.69. The maximum Gasteiger partial charge on any atom is 0.228 e. The number of rotatable bonds is 6. The summed E-state index contributed by atoms with van der Waals surface area (Å²) >= 11 is 1.38. The third kappa shape index (κ3) is 4.82. The molecule has 1 aromatic carbocycles. The molecule has 0 aliphatic heterocycles. The minimum atomic E-state index is -0.0674. The highest BCUT2D eigenvalue weighted by atomic mass is 32.1. The van der Waals surface area contributed by atoms with Crippen LogP contribution >= 0.6 is 11.3 Å². The van der Waals surface area contributed by atoms with Crippen molar-refractivity contribution in [2.45, 2.75) is 27.2 Å². The van der Waals surface area contributed by atoms with E-state index in [1.165, 1.54) is 16.9 Å². The predicted molar refractivity (Wildman–Crippen MR) is 83.8 cm³/mol. The van der Waals surface area contributed by atoms with Crippen molar-refractivity contribution in [1.29, 1.82) is 0 Å². The van der Waals surface area contributed by atoms with Gasteiger partial charge >= 0.3 is 0 Å². The number of ether oxygens (including phenoxy) is 1. The van der Waals surface area contributed by atoms with Gasteiger partial charge in [-0.15, -0.1) is 10.2 Å². The van der Waals surface area contributed by atoms with Gasteiger partial charge in [-0.2, -0.15) is 0 Å². The summed E-state index contributed by atoms with van der Waals surface area (Å²) < 4.78 is 5.65. The van der Waals surface area contributed by atoms with Crippen molar-refractivity contribution in [2.24, 2.45) is 5.92 Å². The molecule has 0 saturated carbocycles. The maximum atomic E-state index is 11.6. The van der Waals surface area contributed by atoms with Crippen molar-refractivity contribution in [3.8, 4) is 5.75 Å². The minimum absolute atomic E-state index is 0.0476. The topological polar surface area (TPSA) is 64.1 Å². The van der Waals surface area contributed by atoms with Crippen LogP contribution in [-0.4, -0.2) is 22.7 Å². The molecule has 6 heteroatoms. The van der Waals surface area contributed by atoms with Crippen LogP contribution in [0.3, 0.4) is 0 Å². The Balaban J connectivity index is 1.80. The quantitative estimate of drug-likeness (QED) is 0.891. The first kappa shape index (κ1) is 15.4. The van der Waals surface area contributed by atoms with Crippen LogP contribution in [0.25, 0.3) is 0 Å². The van der Waals surface area contributed by atoms with E-state index < -0.39 is 0 Å². The fourth-order valence-electron chi connectivity index (χ4n) is 1.55. The highest BCUT2D eigenvalue weighted by Crippen LogP contribution is 2.17. The number of carbonyl (C=O) groups excluding carboxylic acids is 1. The molecule has 0 atom stereocenters. The van der Waals surface area contributed by atoms with Crippen LogP contribution in [0.4, 0.5) is 5.13 Å². The van der Waals surface area contributed by atoms with Crippen molar-refractivity contribution >= 4 is 22.4 Å². The Hall–Kier alpha value is -1.95. The molecule has 0 aliphatic rings. The van der Waals surface area contributed by atoms with E-state index in [2.05, 4.69) is 15.5 Å². The van der Waals surface area contributed by atoms with Crippen LogP contribution in [-0.2, 0) is 11.2 Å². The highest BCUT2D eigenvalue weighted by molar-refractivity contribution is 7.15. The molecular formula is C15H19N3O2S. The van der Waals surface area contributed by atoms with Crippen LogP contribution in [0.1, 0.15) is 24.4 Å². The molecule has 21 heavy (non-hydrogen) atoms. The van der Waals surface area contributed by atoms with E-state index in [-0.39, 0.29) is 11.8 Å². The van der Waals surface area contributed by atoms with Gasteiger partial charge < -0.3 is 10.1 Å². The molecule has 1 amide bonds. The Morgan fingerprint density at radius 2 is 2.00 bits per heavy atom. The monoisotopic (exact) mass is 305 g/mol. The van der Waals surface area contributed by atoms with E-state index >= 15 is 0 Å². The Kier molecular flexibility index (Phi) is 5.27. The van der Waals surface area contributed by atoms with Crippen molar-refractivity contribution in [2.75, 3.05) is 11.9 Å². The first-order valence-electron chi connectivity index (χ1n) is 6.87. The lowest BCUT2D eigenvalue weighted by Gasteiger charge is -2.04. The maximum absolute atomic E-state index is 11.6. The summed E-state index contributed by atoms with van der Waals surface area (Å²) in [6.45, 7) is 6.26. The van der Waals surface area contributed by atoms with Crippen molar-refractivity contribution < 1.29 is 9.53 Å². The van der Waals surface area contributed by atoms with E-state index in [1.807, 2.05) is 45.0 Å². The first-order chi connectivity index (χ1) is 10.0. The number of benzene rings is 1. The molecule has 0 aliphatic carbocycles. The minimum Gasteiger partial charge on any atom is -0.493 e. The van der Waals surface area contributed by atoms with Crippen LogP contribution in [0.5, 0.6) is 5.75 Å². The zero-order valence-electron chi connectivity index (χ0n) is 12.4. The molecule has 0 bridgehead atoms. The molecule has 1 aromatic heterocycles. The lowest BCUT2D eigenvalue weighted by atomic mass is 10.2. The van der Waals surface area contributed by atoms with Gasteiger partial charge in [0.2, 0.25) is 11.0 Å². The number of aryl methyl sites for hydroxylation is 1. The average Bonchev–Trinajstić information content (AvgIpc) is 2.88. The normalized spacial score (nSPS) is 10.7. The SMILES string of the molecule is Cc1ccc(OCCc2nnc(NC(=O)C(C)C)s2)cc1. The Labute approximate surface area is 128 Å². The van der Waals surface area contributed by atoms with Crippen LogP contribution in [0.15, 0.2) is 24.3 Å². The second-order valence-corrected chi connectivity index (χ2v) is 6.12. The summed E-state index contributed by atoms with van der Waals surface area (Å²) in [5, 5.41) is 12.1. The van der Waals surface area contributed by atoms with Crippen LogP contribution in [0, 0.1) is 12.8 Å². The standard InChI is InChI=1S/C15H19N3O2S/c1-10(2)14(19)16-15-18-17-13(21-15)8-9-20-12-6-4-11(3)5-7-12/h4-7,10H,8-9H2,1-3H3,(H,16,18,19). The lowest BCUT2D eigenvalue weighted by Crippen LogP contribution is -2.17. The molecule has 112 valence electrons. The molecule has 0 fully saturated rings. The molecule has 1 N–H and O–H groups in total. The summed E-state index contributed by atoms with van der Waals surface area (Å²) in [4.78, 5) is 11.6. The molecule has 2 aromatic rings. The van der Waals surface area contributed by atoms with Gasteiger partial charge in [-0.05, 0) is 19.1 Å². The van der Waals surface area contributed by atoms with Crippen LogP contribution in [0.2, 0.25) is 0 Å². The number of carbonyl (C=O) groups is 1. The lowest BCUT2D eigenvalue weighted by molar-refractivity contribution is -0.118. The molecule has 2 rings (SSSR count). The summed E-state index contributed by atoms with van der Waals surface area (Å²) in [7, 11) is 0. The molecule has 0 unspecified atom stereocenters. The smallest absolute Gasteiger partial charge is 0.228 e. The molecule has 0 saturated heterocycles. The summed E-state index contributed by atoms with van der Waals surface area (Å²) in [5.74, 6) is 0.731. The van der Waals surface area contributed by atoms with Crippen LogP contribution < -0.4 is 10.1 Å². The van der Waals surface area contributed by atoms with Crippen molar-refractivity contribution in [1.82, 2.24) is 10.2 Å². The van der Waals surface area contributed by atoms with Gasteiger partial charge in [0.25, 0.3) is 0 Å². The van der Waals surface area contributed by atoms with E-state index in [1.54, 1.807) is 0 Å². The van der Waals surface area contributed by atoms with Gasteiger partial charge in [-0.1, -0.05) is 42.9 Å². The number of hydrogen-bond acceptors (Lipinski definition) is 5. The second kappa shape index (κ2) is 7.17. The Morgan fingerprint density at radius 1 is 1.29 bits per heavy atom. The third-order valence-electron chi connectivity index (χ3n) is 2.83. The Bertz CT molecular complexity index is 593. The number of nitrogens with one attached hydrogen (secondary N) is 1. The van der Waals surface area contributed by atoms with Gasteiger partial charge in [0, 0.05) is 12.3 Å². The zero-order valence-corrected chi connectivity index (χ0v) is 13.2. The van der Waals surface area contributed by atoms with E-state index in [4.69, 9.17) is 4.74 Å². The largest absolute Gasteiger partial charge is 0.493 e. The van der Waals surface area contributed by atoms with E-state index in [0.29, 0.717) is 18.2 Å². The molecule has 5 nitrogen and oxygen atoms in total. The van der Waals surface area contributed by atoms with Crippen molar-refractivity contribution in [3.05, 3.63) is 34.8 Å². The summed E-state index contributed by atoms with van der Waals surface area (Å²) in [5.41, 5.74) is 1.21. The second-order valence-electron chi connectivity index (χ2n) is 5.06. The third-order valence-corrected chi connectivity index (χ3v) is 3.73. The van der Waals surface area contributed by atoms with Gasteiger partial charge in [0.1, 0.15) is 10.8 Å². The molecule has 0 radical (unpaired) electrons. The fraction of sp³-hybridized carbons (Fsp3) is 0.400. The summed E-state index contributed by atoms with van der Waals surface area (Å²) in [6.07, 6.45) is 0.670. The van der Waals surface area contributed by atoms with Crippen molar-refractivity contribution in [3.63, 3.8) is 0 Å². The number of nitrogens with zero attached hydrogens (tertiary/aromatic N) is 2. The zero-order chi connectivity index (χ0) is 15.2. The van der Waals surface area contributed by atoms with E-state index in [9.17, 15) is 4.79 Å². The van der Waals surface area contributed by atoms with Gasteiger partial charge in [-0.25, -0.2) is 0 Å². The molecular weight excluding hydrogens is 286 g/mol. The average molecular weight is 305 g/mol. The Morgan fingerprint density at radius 3 is 2.67 bits per heavy atom. The van der Waals surface area contributed by atoms with Gasteiger partial charge in [-0.3, -0.25) is 4.79 Å². The number of hydrogen-bond donors (Lipinski definition) is 1. The molecule has 0 spiro atoms. The van der Waals surface area contributed by atoms with E-state index in [0.717, 1.165) is 10.8 Å². The van der Waals surface area contributed by atoms with Gasteiger partial charge in [0.15, 0.2) is 0 Å². The number of anilines is 1. The fourth-order valence-corrected chi connectivity index (χ4v) is 2.27. The predicted octanol–water partition coefficient (Wildman–Crippen LogP) is 3.06. The molecule has 1 heterocycles. The summed E-state index contributed by atoms with van der Waals surface area (Å²) in [6, 6.07) is 7.92. The number of aromatic nitrogens is 2. The highest BCUT2D eigenvalue weighted by Gasteiger charge is 2.11. The van der Waals surface area contributed by atoms with Gasteiger partial charge in [0.05, 0.1) is 6.61 Å². The number of amides is 1.